The summed E-state index contributed by atoms with van der Waals surface area (Å²) >= 11 is 0. The van der Waals surface area contributed by atoms with Crippen molar-refractivity contribution in [2.24, 2.45) is 17.2 Å². The molecule has 0 atom stereocenters. The van der Waals surface area contributed by atoms with Gasteiger partial charge in [-0.15, -0.1) is 4.99 Å². The molecular weight excluding hydrogens is 190 g/mol. The number of rotatable bonds is 1. The molecular formula is C10H17N5+2. The summed E-state index contributed by atoms with van der Waals surface area (Å²) in [6.45, 7) is 4.00. The number of guanidine groups is 2. The zero-order valence-electron chi connectivity index (χ0n) is 8.96. The molecule has 0 amide bonds. The Balaban J connectivity index is 3.07. The molecule has 5 nitrogen and oxygen atoms in total. The molecule has 0 bridgehead atoms. The van der Waals surface area contributed by atoms with E-state index in [4.69, 9.17) is 17.2 Å². The van der Waals surface area contributed by atoms with Crippen LogP contribution >= 0.6 is 0 Å². The highest BCUT2D eigenvalue weighted by atomic mass is 15.1. The molecule has 0 fully saturated rings. The van der Waals surface area contributed by atoms with Gasteiger partial charge in [0.05, 0.1) is 0 Å². The van der Waals surface area contributed by atoms with Crippen LogP contribution in [0.15, 0.2) is 18.2 Å². The van der Waals surface area contributed by atoms with Crippen LogP contribution in [0.5, 0.6) is 0 Å². The average molecular weight is 207 g/mol. The third-order valence-electron chi connectivity index (χ3n) is 1.94. The van der Waals surface area contributed by atoms with Crippen molar-refractivity contribution < 1.29 is 9.98 Å². The lowest BCUT2D eigenvalue weighted by Crippen LogP contribution is -2.96. The Kier molecular flexibility index (Phi) is 3.28. The number of benzene rings is 1. The molecule has 1 aromatic carbocycles. The Labute approximate surface area is 88.7 Å². The summed E-state index contributed by atoms with van der Waals surface area (Å²) in [5, 5.41) is 0. The van der Waals surface area contributed by atoms with Crippen molar-refractivity contribution in [1.82, 2.24) is 0 Å². The van der Waals surface area contributed by atoms with Gasteiger partial charge in [0.25, 0.3) is 5.96 Å². The fourth-order valence-electron chi connectivity index (χ4n) is 1.20. The fraction of sp³-hybridized carbons (Fsp3) is 0.200. The van der Waals surface area contributed by atoms with E-state index in [1.165, 1.54) is 0 Å². The number of hydrogen-bond acceptors (Lipinski definition) is 0. The molecule has 0 aromatic heterocycles. The van der Waals surface area contributed by atoms with Gasteiger partial charge in [-0.2, -0.15) is 4.99 Å². The van der Waals surface area contributed by atoms with E-state index in [0.717, 1.165) is 16.8 Å². The molecule has 80 valence electrons. The highest BCUT2D eigenvalue weighted by Gasteiger charge is 2.07. The molecule has 0 saturated heterocycles. The molecule has 15 heavy (non-hydrogen) atoms. The van der Waals surface area contributed by atoms with Crippen LogP contribution in [0.3, 0.4) is 0 Å². The molecule has 8 N–H and O–H groups in total. The van der Waals surface area contributed by atoms with Crippen LogP contribution in [0.25, 0.3) is 0 Å². The van der Waals surface area contributed by atoms with E-state index in [1.807, 2.05) is 32.0 Å². The predicted octanol–water partition coefficient (Wildman–Crippen LogP) is -3.32. The summed E-state index contributed by atoms with van der Waals surface area (Å²) in [4.78, 5) is 5.58. The van der Waals surface area contributed by atoms with Gasteiger partial charge >= 0.3 is 5.96 Å². The maximum absolute atomic E-state index is 5.64. The molecule has 0 spiro atoms. The number of nitrogens with two attached hydrogens (primary N) is 3. The van der Waals surface area contributed by atoms with Crippen LogP contribution in [0.2, 0.25) is 0 Å². The van der Waals surface area contributed by atoms with Crippen LogP contribution in [0, 0.1) is 13.8 Å². The highest BCUT2D eigenvalue weighted by molar-refractivity contribution is 5.76. The number of nitrogens with one attached hydrogen (secondary N) is 2. The zero-order chi connectivity index (χ0) is 11.4. The molecule has 0 saturated carbocycles. The Morgan fingerprint density at radius 3 is 2.40 bits per heavy atom. The van der Waals surface area contributed by atoms with E-state index in [-0.39, 0.29) is 5.96 Å². The fourth-order valence-corrected chi connectivity index (χ4v) is 1.20. The number of aryl methyl sites for hydroxylation is 2. The highest BCUT2D eigenvalue weighted by Crippen LogP contribution is 2.09. The second-order valence-electron chi connectivity index (χ2n) is 3.44. The first-order valence-electron chi connectivity index (χ1n) is 4.60. The van der Waals surface area contributed by atoms with Crippen molar-refractivity contribution in [2.75, 3.05) is 0 Å². The standard InChI is InChI=1S/C10H15N5/c1-6-3-4-7(2)8(5-6)14-10(13)15-9(11)12/h3-5H,1-2H3,(H6,11,12,13,14,15)/p+2. The molecule has 0 radical (unpaired) electrons. The lowest BCUT2D eigenvalue weighted by Gasteiger charge is -1.96. The smallest absolute Gasteiger partial charge is 0.345 e. The first-order chi connectivity index (χ1) is 6.99. The van der Waals surface area contributed by atoms with Gasteiger partial charge in [0.1, 0.15) is 0 Å². The molecule has 0 aliphatic rings. The summed E-state index contributed by atoms with van der Waals surface area (Å²) in [6, 6.07) is 6.05. The van der Waals surface area contributed by atoms with Crippen LogP contribution in [-0.4, -0.2) is 11.9 Å². The van der Waals surface area contributed by atoms with Gasteiger partial charge in [-0.25, -0.2) is 5.73 Å². The Bertz CT molecular complexity index is 416. The minimum absolute atomic E-state index is 0.0605. The maximum Gasteiger partial charge on any atom is 0.522 e. The average Bonchev–Trinajstić information content (AvgIpc) is 2.10. The van der Waals surface area contributed by atoms with Crippen LogP contribution in [0.1, 0.15) is 11.1 Å². The van der Waals surface area contributed by atoms with Crippen molar-refractivity contribution in [1.29, 1.82) is 0 Å². The Morgan fingerprint density at radius 2 is 1.80 bits per heavy atom. The van der Waals surface area contributed by atoms with Gasteiger partial charge < -0.3 is 11.5 Å². The van der Waals surface area contributed by atoms with Crippen LogP contribution in [-0.2, 0) is 0 Å². The lowest BCUT2D eigenvalue weighted by molar-refractivity contribution is -0.459. The van der Waals surface area contributed by atoms with E-state index in [9.17, 15) is 0 Å². The second kappa shape index (κ2) is 4.45. The van der Waals surface area contributed by atoms with Gasteiger partial charge in [-0.3, -0.25) is 0 Å². The largest absolute Gasteiger partial charge is 0.522 e. The van der Waals surface area contributed by atoms with Gasteiger partial charge in [0, 0.05) is 5.56 Å². The summed E-state index contributed by atoms with van der Waals surface area (Å²) < 4.78 is 0. The van der Waals surface area contributed by atoms with Gasteiger partial charge in [0.2, 0.25) is 0 Å². The quantitative estimate of drug-likeness (QED) is 0.246. The lowest BCUT2D eigenvalue weighted by atomic mass is 10.1. The van der Waals surface area contributed by atoms with E-state index < -0.39 is 0 Å². The molecule has 1 aromatic rings. The van der Waals surface area contributed by atoms with Crippen molar-refractivity contribution >= 4 is 17.6 Å². The molecule has 0 heterocycles. The summed E-state index contributed by atoms with van der Waals surface area (Å²) in [7, 11) is 0. The molecule has 0 aliphatic carbocycles. The molecule has 5 heteroatoms. The SMILES string of the molecule is Cc1ccc(C)c([NH+]=C(N)[NH+]=C(N)N)c1. The topological polar surface area (TPSA) is 106 Å². The summed E-state index contributed by atoms with van der Waals surface area (Å²) in [6.07, 6.45) is 0. The normalized spacial score (nSPS) is 11.2. The minimum Gasteiger partial charge on any atom is -0.345 e. The van der Waals surface area contributed by atoms with E-state index in [1.54, 1.807) is 0 Å². The van der Waals surface area contributed by atoms with Crippen molar-refractivity contribution in [2.45, 2.75) is 13.8 Å². The maximum atomic E-state index is 5.64. The van der Waals surface area contributed by atoms with Gasteiger partial charge in [0.15, 0.2) is 5.69 Å². The third-order valence-corrected chi connectivity index (χ3v) is 1.94. The zero-order valence-corrected chi connectivity index (χ0v) is 8.96. The first-order valence-corrected chi connectivity index (χ1v) is 4.60. The van der Waals surface area contributed by atoms with Crippen LogP contribution < -0.4 is 27.2 Å². The minimum atomic E-state index is 0.0605. The van der Waals surface area contributed by atoms with Crippen molar-refractivity contribution in [3.8, 4) is 0 Å². The van der Waals surface area contributed by atoms with Gasteiger partial charge in [-0.05, 0) is 25.5 Å². The Hall–Kier alpha value is -2.04. The molecule has 0 unspecified atom stereocenters. The van der Waals surface area contributed by atoms with Crippen molar-refractivity contribution in [3.63, 3.8) is 0 Å². The summed E-state index contributed by atoms with van der Waals surface area (Å²) in [5.41, 5.74) is 19.3. The van der Waals surface area contributed by atoms with E-state index in [2.05, 4.69) is 9.98 Å². The number of hydrogen-bond donors (Lipinski definition) is 5. The Morgan fingerprint density at radius 1 is 1.13 bits per heavy atom. The van der Waals surface area contributed by atoms with E-state index in [0.29, 0.717) is 5.96 Å². The monoisotopic (exact) mass is 207 g/mol. The molecule has 0 aliphatic heterocycles. The third kappa shape index (κ3) is 3.30. The van der Waals surface area contributed by atoms with Crippen molar-refractivity contribution in [3.05, 3.63) is 29.3 Å². The van der Waals surface area contributed by atoms with Crippen LogP contribution in [0.4, 0.5) is 5.69 Å². The van der Waals surface area contributed by atoms with Gasteiger partial charge in [-0.1, -0.05) is 12.1 Å². The predicted molar refractivity (Wildman–Crippen MR) is 60.1 cm³/mol. The molecule has 1 rings (SSSR count). The second-order valence-corrected chi connectivity index (χ2v) is 3.44. The van der Waals surface area contributed by atoms with E-state index >= 15 is 0 Å². The summed E-state index contributed by atoms with van der Waals surface area (Å²) in [5.74, 6) is 0.369. The first kappa shape index (κ1) is 11.0.